The maximum atomic E-state index is 14.0. The molecule has 3 heterocycles. The summed E-state index contributed by atoms with van der Waals surface area (Å²) >= 11 is 5.87. The number of aryl methyl sites for hydroxylation is 1. The number of hydrogen-bond donors (Lipinski definition) is 2. The Morgan fingerprint density at radius 1 is 1.36 bits per heavy atom. The second-order valence-electron chi connectivity index (χ2n) is 8.27. The van der Waals surface area contributed by atoms with E-state index in [0.29, 0.717) is 29.0 Å². The van der Waals surface area contributed by atoms with Crippen LogP contribution in [0.3, 0.4) is 0 Å². The first kappa shape index (κ1) is 22.7. The van der Waals surface area contributed by atoms with Gasteiger partial charge in [-0.2, -0.15) is 5.26 Å². The Bertz CT molecular complexity index is 1290. The Morgan fingerprint density at radius 2 is 2.12 bits per heavy atom. The fourth-order valence-electron chi connectivity index (χ4n) is 4.22. The number of carboxylic acid groups (broad SMARTS) is 1. The molecule has 0 unspecified atom stereocenters. The van der Waals surface area contributed by atoms with Gasteiger partial charge in [-0.25, -0.2) is 24.1 Å². The number of aromatic carboxylic acids is 1. The van der Waals surface area contributed by atoms with Crippen molar-refractivity contribution in [2.45, 2.75) is 45.4 Å². The Morgan fingerprint density at radius 3 is 2.76 bits per heavy atom. The van der Waals surface area contributed by atoms with Crippen LogP contribution >= 0.6 is 11.6 Å². The van der Waals surface area contributed by atoms with Crippen LogP contribution in [0.4, 0.5) is 15.9 Å². The van der Waals surface area contributed by atoms with Crippen LogP contribution in [0.15, 0.2) is 24.3 Å². The molecule has 4 rings (SSSR count). The minimum absolute atomic E-state index is 0.0806. The van der Waals surface area contributed by atoms with Crippen LogP contribution < -0.4 is 10.2 Å². The number of hydrogen-bond acceptors (Lipinski definition) is 7. The van der Waals surface area contributed by atoms with Crippen molar-refractivity contribution in [3.05, 3.63) is 51.9 Å². The van der Waals surface area contributed by atoms with Crippen molar-refractivity contribution < 1.29 is 14.3 Å². The summed E-state index contributed by atoms with van der Waals surface area (Å²) in [6.07, 6.45) is -0.626. The highest BCUT2D eigenvalue weighted by molar-refractivity contribution is 6.29. The molecule has 8 nitrogen and oxygen atoms in total. The highest BCUT2D eigenvalue weighted by Gasteiger charge is 2.32. The van der Waals surface area contributed by atoms with Gasteiger partial charge in [-0.15, -0.1) is 0 Å². The standard InChI is InChI=1S/C23H22ClFN6O2/c1-11-6-15(13(3)27-16-4-5-19(24)29-21(16)23(32)33)20-17(7-11)28-18(9-26)22(30-20)31-10-14(25)8-12(31)2/h4-7,12-14,27H,8,10H2,1-3H3,(H,32,33)/t12-,13-,14+/m1/s1. The highest BCUT2D eigenvalue weighted by Crippen LogP contribution is 2.33. The number of benzene rings is 1. The van der Waals surface area contributed by atoms with Crippen molar-refractivity contribution in [3.8, 4) is 6.07 Å². The number of pyridine rings is 1. The predicted molar refractivity (Wildman–Crippen MR) is 124 cm³/mol. The molecule has 1 saturated heterocycles. The molecule has 1 aliphatic rings. The van der Waals surface area contributed by atoms with E-state index in [9.17, 15) is 19.6 Å². The van der Waals surface area contributed by atoms with Gasteiger partial charge < -0.3 is 15.3 Å². The summed E-state index contributed by atoms with van der Waals surface area (Å²) in [5.41, 5.74) is 3.03. The normalized spacial score (nSPS) is 18.8. The number of alkyl halides is 1. The van der Waals surface area contributed by atoms with Crippen molar-refractivity contribution in [2.75, 3.05) is 16.8 Å². The lowest BCUT2D eigenvalue weighted by Gasteiger charge is -2.24. The zero-order valence-corrected chi connectivity index (χ0v) is 19.1. The monoisotopic (exact) mass is 468 g/mol. The summed E-state index contributed by atoms with van der Waals surface area (Å²) in [4.78, 5) is 26.6. The molecular formula is C23H22ClFN6O2. The van der Waals surface area contributed by atoms with Gasteiger partial charge in [0.15, 0.2) is 17.2 Å². The van der Waals surface area contributed by atoms with Gasteiger partial charge in [0.05, 0.1) is 29.3 Å². The van der Waals surface area contributed by atoms with Gasteiger partial charge in [-0.3, -0.25) is 0 Å². The van der Waals surface area contributed by atoms with E-state index in [2.05, 4.69) is 21.4 Å². The SMILES string of the molecule is Cc1cc([C@@H](C)Nc2ccc(Cl)nc2C(=O)O)c2nc(N3C[C@@H](F)C[C@H]3C)c(C#N)nc2c1. The van der Waals surface area contributed by atoms with Gasteiger partial charge >= 0.3 is 5.97 Å². The lowest BCUT2D eigenvalue weighted by molar-refractivity contribution is 0.0691. The number of aromatic nitrogens is 3. The fourth-order valence-corrected chi connectivity index (χ4v) is 4.36. The second kappa shape index (κ2) is 8.79. The number of nitrogens with one attached hydrogen (secondary N) is 1. The van der Waals surface area contributed by atoms with E-state index in [1.807, 2.05) is 32.9 Å². The van der Waals surface area contributed by atoms with Crippen LogP contribution in [0.25, 0.3) is 11.0 Å². The van der Waals surface area contributed by atoms with E-state index >= 15 is 0 Å². The Labute approximate surface area is 195 Å². The van der Waals surface area contributed by atoms with Crippen molar-refractivity contribution in [1.82, 2.24) is 15.0 Å². The van der Waals surface area contributed by atoms with Crippen LogP contribution in [-0.2, 0) is 0 Å². The zero-order valence-electron chi connectivity index (χ0n) is 18.3. The van der Waals surface area contributed by atoms with Crippen molar-refractivity contribution in [2.24, 2.45) is 0 Å². The third kappa shape index (κ3) is 4.39. The van der Waals surface area contributed by atoms with Crippen molar-refractivity contribution >= 4 is 40.1 Å². The molecular weight excluding hydrogens is 447 g/mol. The molecule has 3 atom stereocenters. The Kier molecular flexibility index (Phi) is 6.04. The maximum Gasteiger partial charge on any atom is 0.356 e. The van der Waals surface area contributed by atoms with E-state index in [1.54, 1.807) is 11.0 Å². The largest absolute Gasteiger partial charge is 0.476 e. The molecule has 2 aromatic heterocycles. The van der Waals surface area contributed by atoms with Crippen LogP contribution in [0.5, 0.6) is 0 Å². The third-order valence-corrected chi connectivity index (χ3v) is 5.94. The fraction of sp³-hybridized carbons (Fsp3) is 0.348. The number of carbonyl (C=O) groups is 1. The minimum Gasteiger partial charge on any atom is -0.476 e. The number of carboxylic acids is 1. The van der Waals surface area contributed by atoms with Gasteiger partial charge in [-0.1, -0.05) is 17.7 Å². The van der Waals surface area contributed by atoms with Gasteiger partial charge in [0.25, 0.3) is 0 Å². The summed E-state index contributed by atoms with van der Waals surface area (Å²) in [7, 11) is 0. The van der Waals surface area contributed by atoms with Crippen LogP contribution in [0.1, 0.15) is 53.6 Å². The van der Waals surface area contributed by atoms with Crippen LogP contribution in [0.2, 0.25) is 5.15 Å². The number of nitrogens with zero attached hydrogens (tertiary/aromatic N) is 5. The lowest BCUT2D eigenvalue weighted by atomic mass is 10.0. The summed E-state index contributed by atoms with van der Waals surface area (Å²) in [6.45, 7) is 5.82. The number of nitriles is 1. The molecule has 0 saturated carbocycles. The number of halogens is 2. The summed E-state index contributed by atoms with van der Waals surface area (Å²) in [5.74, 6) is -0.847. The molecule has 0 amide bonds. The smallest absolute Gasteiger partial charge is 0.356 e. The first-order valence-electron chi connectivity index (χ1n) is 10.5. The predicted octanol–water partition coefficient (Wildman–Crippen LogP) is 4.67. The van der Waals surface area contributed by atoms with Gasteiger partial charge in [0.2, 0.25) is 0 Å². The molecule has 0 spiro atoms. The zero-order chi connectivity index (χ0) is 23.9. The maximum absolute atomic E-state index is 14.0. The molecule has 0 radical (unpaired) electrons. The van der Waals surface area contributed by atoms with E-state index in [1.165, 1.54) is 6.07 Å². The second-order valence-corrected chi connectivity index (χ2v) is 8.65. The molecule has 1 aromatic carbocycles. The summed E-state index contributed by atoms with van der Waals surface area (Å²) in [6, 6.07) is 8.44. The Balaban J connectivity index is 1.82. The molecule has 3 aromatic rings. The summed E-state index contributed by atoms with van der Waals surface area (Å²) < 4.78 is 14.0. The Hall–Kier alpha value is -3.51. The molecule has 2 N–H and O–H groups in total. The van der Waals surface area contributed by atoms with Crippen LogP contribution in [-0.4, -0.2) is 44.8 Å². The molecule has 33 heavy (non-hydrogen) atoms. The number of fused-ring (bicyclic) bond motifs is 1. The first-order chi connectivity index (χ1) is 15.7. The van der Waals surface area contributed by atoms with E-state index in [0.717, 1.165) is 11.1 Å². The molecule has 1 fully saturated rings. The van der Waals surface area contributed by atoms with Gasteiger partial charge in [0, 0.05) is 18.0 Å². The molecule has 10 heteroatoms. The molecule has 170 valence electrons. The average Bonchev–Trinajstić information content (AvgIpc) is 3.10. The van der Waals surface area contributed by atoms with E-state index in [-0.39, 0.29) is 35.2 Å². The minimum atomic E-state index is -1.20. The van der Waals surface area contributed by atoms with E-state index in [4.69, 9.17) is 16.6 Å². The molecule has 0 aliphatic carbocycles. The highest BCUT2D eigenvalue weighted by atomic mass is 35.5. The van der Waals surface area contributed by atoms with Crippen LogP contribution in [0, 0.1) is 18.3 Å². The molecule has 1 aliphatic heterocycles. The van der Waals surface area contributed by atoms with E-state index < -0.39 is 12.1 Å². The lowest BCUT2D eigenvalue weighted by Crippen LogP contribution is -2.29. The molecule has 0 bridgehead atoms. The first-order valence-corrected chi connectivity index (χ1v) is 10.8. The summed E-state index contributed by atoms with van der Waals surface area (Å²) in [5, 5.41) is 22.4. The third-order valence-electron chi connectivity index (χ3n) is 5.73. The van der Waals surface area contributed by atoms with Gasteiger partial charge in [0.1, 0.15) is 17.4 Å². The van der Waals surface area contributed by atoms with Crippen molar-refractivity contribution in [1.29, 1.82) is 5.26 Å². The average molecular weight is 469 g/mol. The quantitative estimate of drug-likeness (QED) is 0.519. The van der Waals surface area contributed by atoms with Gasteiger partial charge in [-0.05, 0) is 44.5 Å². The number of anilines is 2. The van der Waals surface area contributed by atoms with Crippen molar-refractivity contribution in [3.63, 3.8) is 0 Å². The number of rotatable bonds is 5. The topological polar surface area (TPSA) is 115 Å².